The molecule has 0 amide bonds. The number of hydrogen-bond donors (Lipinski definition) is 4. The van der Waals surface area contributed by atoms with Crippen molar-refractivity contribution < 1.29 is 20.4 Å². The Bertz CT molecular complexity index is 288. The molecular weight excluding hydrogens is 198 g/mol. The Kier molecular flexibility index (Phi) is 4.64. The van der Waals surface area contributed by atoms with Crippen molar-refractivity contribution in [2.45, 2.75) is 25.2 Å². The summed E-state index contributed by atoms with van der Waals surface area (Å²) in [6, 6.07) is 3.16. The van der Waals surface area contributed by atoms with Crippen LogP contribution >= 0.6 is 0 Å². The van der Waals surface area contributed by atoms with E-state index in [1.54, 1.807) is 6.07 Å². The van der Waals surface area contributed by atoms with E-state index in [1.807, 2.05) is 0 Å². The van der Waals surface area contributed by atoms with Crippen molar-refractivity contribution in [1.29, 1.82) is 0 Å². The van der Waals surface area contributed by atoms with E-state index >= 15 is 0 Å². The molecule has 1 heterocycles. The lowest BCUT2D eigenvalue weighted by Gasteiger charge is -2.16. The number of nitrogens with zero attached hydrogens (tertiary/aromatic N) is 1. The monoisotopic (exact) mass is 213 g/mol. The summed E-state index contributed by atoms with van der Waals surface area (Å²) in [4.78, 5) is 3.90. The van der Waals surface area contributed by atoms with Crippen molar-refractivity contribution >= 4 is 0 Å². The molecule has 4 N–H and O–H groups in total. The van der Waals surface area contributed by atoms with Gasteiger partial charge in [0, 0.05) is 12.8 Å². The fourth-order valence-corrected chi connectivity index (χ4v) is 1.19. The van der Waals surface area contributed by atoms with Crippen molar-refractivity contribution in [3.63, 3.8) is 0 Å². The summed E-state index contributed by atoms with van der Waals surface area (Å²) in [7, 11) is 0. The number of aliphatic hydroxyl groups is 4. The van der Waals surface area contributed by atoms with Crippen LogP contribution in [0.3, 0.4) is 0 Å². The minimum atomic E-state index is -1.11. The molecule has 0 bridgehead atoms. The van der Waals surface area contributed by atoms with Crippen LogP contribution in [0, 0.1) is 0 Å². The smallest absolute Gasteiger partial charge is 0.122 e. The van der Waals surface area contributed by atoms with Gasteiger partial charge in [-0.15, -0.1) is 0 Å². The van der Waals surface area contributed by atoms with E-state index in [0.29, 0.717) is 11.3 Å². The maximum absolute atomic E-state index is 9.60. The minimum Gasteiger partial charge on any atom is -0.396 e. The zero-order chi connectivity index (χ0) is 11.3. The Labute approximate surface area is 87.7 Å². The van der Waals surface area contributed by atoms with E-state index in [-0.39, 0.29) is 19.6 Å². The van der Waals surface area contributed by atoms with E-state index in [9.17, 15) is 10.2 Å². The van der Waals surface area contributed by atoms with Gasteiger partial charge in [-0.25, -0.2) is 0 Å². The summed E-state index contributed by atoms with van der Waals surface area (Å²) in [5.41, 5.74) is 0.968. The van der Waals surface area contributed by atoms with E-state index in [2.05, 4.69) is 4.98 Å². The molecule has 15 heavy (non-hydrogen) atoms. The minimum absolute atomic E-state index is 0.102. The van der Waals surface area contributed by atoms with Crippen molar-refractivity contribution in [1.82, 2.24) is 4.98 Å². The second-order valence-corrected chi connectivity index (χ2v) is 3.27. The van der Waals surface area contributed by atoms with Crippen molar-refractivity contribution in [2.75, 3.05) is 6.61 Å². The summed E-state index contributed by atoms with van der Waals surface area (Å²) in [5.74, 6) is 0. The SMILES string of the molecule is OCCC(O)C(O)c1ccc(CO)cn1. The van der Waals surface area contributed by atoms with Crippen LogP contribution in [-0.2, 0) is 6.61 Å². The van der Waals surface area contributed by atoms with Crippen LogP contribution in [0.4, 0.5) is 0 Å². The first-order valence-corrected chi connectivity index (χ1v) is 4.71. The molecule has 0 saturated heterocycles. The average molecular weight is 213 g/mol. The number of pyridine rings is 1. The maximum Gasteiger partial charge on any atom is 0.122 e. The van der Waals surface area contributed by atoms with Crippen molar-refractivity contribution in [3.05, 3.63) is 29.6 Å². The molecule has 1 aromatic rings. The average Bonchev–Trinajstić information content (AvgIpc) is 2.28. The van der Waals surface area contributed by atoms with Crippen LogP contribution in [0.25, 0.3) is 0 Å². The number of hydrogen-bond acceptors (Lipinski definition) is 5. The summed E-state index contributed by atoms with van der Waals surface area (Å²) >= 11 is 0. The highest BCUT2D eigenvalue weighted by Gasteiger charge is 2.18. The van der Waals surface area contributed by atoms with E-state index < -0.39 is 12.2 Å². The van der Waals surface area contributed by atoms with Crippen molar-refractivity contribution in [3.8, 4) is 0 Å². The third-order valence-electron chi connectivity index (χ3n) is 2.12. The van der Waals surface area contributed by atoms with Gasteiger partial charge < -0.3 is 20.4 Å². The molecule has 1 aromatic heterocycles. The Morgan fingerprint density at radius 1 is 1.20 bits per heavy atom. The molecule has 2 atom stereocenters. The second kappa shape index (κ2) is 5.77. The molecule has 84 valence electrons. The highest BCUT2D eigenvalue weighted by Crippen LogP contribution is 2.16. The summed E-state index contributed by atoms with van der Waals surface area (Å²) < 4.78 is 0. The molecular formula is C10H15NO4. The van der Waals surface area contributed by atoms with Gasteiger partial charge in [0.1, 0.15) is 6.10 Å². The van der Waals surface area contributed by atoms with Crippen LogP contribution in [0.5, 0.6) is 0 Å². The standard InChI is InChI=1S/C10H15NO4/c12-4-3-9(14)10(15)8-2-1-7(6-13)5-11-8/h1-2,5,9-10,12-15H,3-4,6H2. The fourth-order valence-electron chi connectivity index (χ4n) is 1.19. The second-order valence-electron chi connectivity index (χ2n) is 3.27. The molecule has 0 aliphatic rings. The first-order valence-electron chi connectivity index (χ1n) is 4.71. The Balaban J connectivity index is 2.69. The van der Waals surface area contributed by atoms with Crippen LogP contribution < -0.4 is 0 Å². The zero-order valence-corrected chi connectivity index (χ0v) is 8.24. The van der Waals surface area contributed by atoms with Gasteiger partial charge in [0.05, 0.1) is 18.4 Å². The lowest BCUT2D eigenvalue weighted by Crippen LogP contribution is -2.20. The highest BCUT2D eigenvalue weighted by molar-refractivity contribution is 5.15. The maximum atomic E-state index is 9.60. The quantitative estimate of drug-likeness (QED) is 0.521. The van der Waals surface area contributed by atoms with Crippen LogP contribution in [-0.4, -0.2) is 38.1 Å². The first-order chi connectivity index (χ1) is 7.19. The Morgan fingerprint density at radius 3 is 2.40 bits per heavy atom. The lowest BCUT2D eigenvalue weighted by molar-refractivity contribution is 0.00189. The summed E-state index contributed by atoms with van der Waals surface area (Å²) in [6.45, 7) is -0.296. The van der Waals surface area contributed by atoms with Gasteiger partial charge in [0.2, 0.25) is 0 Å². The molecule has 0 spiro atoms. The Morgan fingerprint density at radius 2 is 1.93 bits per heavy atom. The molecule has 2 unspecified atom stereocenters. The van der Waals surface area contributed by atoms with Gasteiger partial charge in [-0.1, -0.05) is 6.07 Å². The van der Waals surface area contributed by atoms with Gasteiger partial charge in [0.25, 0.3) is 0 Å². The number of rotatable bonds is 5. The molecule has 0 saturated carbocycles. The predicted molar refractivity (Wildman–Crippen MR) is 52.8 cm³/mol. The third-order valence-corrected chi connectivity index (χ3v) is 2.12. The molecule has 0 aliphatic heterocycles. The predicted octanol–water partition coefficient (Wildman–Crippen LogP) is -0.649. The van der Waals surface area contributed by atoms with Gasteiger partial charge in [-0.3, -0.25) is 4.98 Å². The normalized spacial score (nSPS) is 14.9. The Hall–Kier alpha value is -1.01. The number of aliphatic hydroxyl groups excluding tert-OH is 4. The van der Waals surface area contributed by atoms with E-state index in [4.69, 9.17) is 10.2 Å². The van der Waals surface area contributed by atoms with Gasteiger partial charge in [0.15, 0.2) is 0 Å². The lowest BCUT2D eigenvalue weighted by atomic mass is 10.1. The molecule has 5 nitrogen and oxygen atoms in total. The molecule has 0 aromatic carbocycles. The van der Waals surface area contributed by atoms with Crippen LogP contribution in [0.15, 0.2) is 18.3 Å². The summed E-state index contributed by atoms with van der Waals surface area (Å²) in [6.07, 6.45) is -0.596. The highest BCUT2D eigenvalue weighted by atomic mass is 16.3. The first kappa shape index (κ1) is 12.1. The van der Waals surface area contributed by atoms with E-state index in [0.717, 1.165) is 0 Å². The van der Waals surface area contributed by atoms with E-state index in [1.165, 1.54) is 12.3 Å². The number of aromatic nitrogens is 1. The third kappa shape index (κ3) is 3.24. The summed E-state index contributed by atoms with van der Waals surface area (Å²) in [5, 5.41) is 36.4. The van der Waals surface area contributed by atoms with Gasteiger partial charge in [-0.05, 0) is 18.1 Å². The molecule has 5 heteroatoms. The van der Waals surface area contributed by atoms with Gasteiger partial charge in [-0.2, -0.15) is 0 Å². The zero-order valence-electron chi connectivity index (χ0n) is 8.24. The molecule has 1 rings (SSSR count). The largest absolute Gasteiger partial charge is 0.396 e. The molecule has 0 fully saturated rings. The molecule has 0 radical (unpaired) electrons. The topological polar surface area (TPSA) is 93.8 Å². The van der Waals surface area contributed by atoms with Gasteiger partial charge >= 0.3 is 0 Å². The van der Waals surface area contributed by atoms with Crippen molar-refractivity contribution in [2.24, 2.45) is 0 Å². The fraction of sp³-hybridized carbons (Fsp3) is 0.500. The molecule has 0 aliphatic carbocycles. The van der Waals surface area contributed by atoms with Crippen LogP contribution in [0.1, 0.15) is 23.8 Å². The van der Waals surface area contributed by atoms with Crippen LogP contribution in [0.2, 0.25) is 0 Å².